The van der Waals surface area contributed by atoms with Gasteiger partial charge < -0.3 is 10.1 Å². The van der Waals surface area contributed by atoms with Crippen molar-refractivity contribution in [3.8, 4) is 5.75 Å². The van der Waals surface area contributed by atoms with Crippen LogP contribution in [0.3, 0.4) is 0 Å². The maximum Gasteiger partial charge on any atom is 0.258 e. The summed E-state index contributed by atoms with van der Waals surface area (Å²) in [6, 6.07) is 21.9. The van der Waals surface area contributed by atoms with E-state index < -0.39 is 0 Å². The quantitative estimate of drug-likeness (QED) is 0.757. The SMILES string of the molecule is Cc1ccccc1C(C)NC(=O)COc1ccc2ccccc2c1. The van der Waals surface area contributed by atoms with Crippen molar-refractivity contribution in [3.05, 3.63) is 77.9 Å². The largest absolute Gasteiger partial charge is 0.484 e. The van der Waals surface area contributed by atoms with Crippen LogP contribution in [0.2, 0.25) is 0 Å². The van der Waals surface area contributed by atoms with Gasteiger partial charge in [0.2, 0.25) is 0 Å². The third kappa shape index (κ3) is 3.74. The van der Waals surface area contributed by atoms with Crippen molar-refractivity contribution in [2.75, 3.05) is 6.61 Å². The Hall–Kier alpha value is -2.81. The first-order valence-electron chi connectivity index (χ1n) is 8.10. The summed E-state index contributed by atoms with van der Waals surface area (Å²) in [6.45, 7) is 4.04. The molecule has 0 heterocycles. The molecule has 0 spiro atoms. The number of hydrogen-bond donors (Lipinski definition) is 1. The van der Waals surface area contributed by atoms with E-state index in [-0.39, 0.29) is 18.6 Å². The van der Waals surface area contributed by atoms with Gasteiger partial charge in [0.25, 0.3) is 5.91 Å². The van der Waals surface area contributed by atoms with Gasteiger partial charge in [0, 0.05) is 0 Å². The number of ether oxygens (including phenoxy) is 1. The molecule has 1 N–H and O–H groups in total. The molecular formula is C21H21NO2. The van der Waals surface area contributed by atoms with Crippen LogP contribution in [-0.4, -0.2) is 12.5 Å². The van der Waals surface area contributed by atoms with Gasteiger partial charge in [-0.15, -0.1) is 0 Å². The molecule has 0 saturated heterocycles. The minimum Gasteiger partial charge on any atom is -0.484 e. The summed E-state index contributed by atoms with van der Waals surface area (Å²) in [4.78, 5) is 12.1. The highest BCUT2D eigenvalue weighted by atomic mass is 16.5. The topological polar surface area (TPSA) is 38.3 Å². The van der Waals surface area contributed by atoms with Crippen molar-refractivity contribution in [2.45, 2.75) is 19.9 Å². The van der Waals surface area contributed by atoms with Crippen molar-refractivity contribution in [2.24, 2.45) is 0 Å². The van der Waals surface area contributed by atoms with Crippen molar-refractivity contribution in [3.63, 3.8) is 0 Å². The predicted octanol–water partition coefficient (Wildman–Crippen LogP) is 4.40. The summed E-state index contributed by atoms with van der Waals surface area (Å²) in [5.74, 6) is 0.575. The number of amides is 1. The van der Waals surface area contributed by atoms with Crippen molar-refractivity contribution >= 4 is 16.7 Å². The molecule has 1 amide bonds. The average molecular weight is 319 g/mol. The summed E-state index contributed by atoms with van der Waals surface area (Å²) in [7, 11) is 0. The van der Waals surface area contributed by atoms with Gasteiger partial charge in [-0.25, -0.2) is 0 Å². The first-order valence-corrected chi connectivity index (χ1v) is 8.10. The van der Waals surface area contributed by atoms with E-state index in [0.717, 1.165) is 16.3 Å². The molecule has 122 valence electrons. The normalized spacial score (nSPS) is 11.9. The Balaban J connectivity index is 1.59. The van der Waals surface area contributed by atoms with E-state index in [1.54, 1.807) is 0 Å². The van der Waals surface area contributed by atoms with Crippen LogP contribution < -0.4 is 10.1 Å². The van der Waals surface area contributed by atoms with E-state index in [0.29, 0.717) is 5.75 Å². The zero-order valence-electron chi connectivity index (χ0n) is 14.0. The van der Waals surface area contributed by atoms with Gasteiger partial charge in [0.15, 0.2) is 6.61 Å². The number of hydrogen-bond acceptors (Lipinski definition) is 2. The van der Waals surface area contributed by atoms with Crippen LogP contribution in [0.1, 0.15) is 24.1 Å². The fourth-order valence-corrected chi connectivity index (χ4v) is 2.84. The highest BCUT2D eigenvalue weighted by Crippen LogP contribution is 2.21. The summed E-state index contributed by atoms with van der Waals surface area (Å²) in [5, 5.41) is 5.24. The van der Waals surface area contributed by atoms with Crippen LogP contribution >= 0.6 is 0 Å². The molecule has 0 aliphatic heterocycles. The predicted molar refractivity (Wildman–Crippen MR) is 97.2 cm³/mol. The Bertz CT molecular complexity index is 857. The molecule has 24 heavy (non-hydrogen) atoms. The summed E-state index contributed by atoms with van der Waals surface area (Å²) in [5.41, 5.74) is 2.29. The molecule has 1 unspecified atom stereocenters. The minimum atomic E-state index is -0.126. The first kappa shape index (κ1) is 16.1. The molecule has 3 aromatic rings. The van der Waals surface area contributed by atoms with E-state index >= 15 is 0 Å². The number of nitrogens with one attached hydrogen (secondary N) is 1. The Kier molecular flexibility index (Phi) is 4.80. The lowest BCUT2D eigenvalue weighted by atomic mass is 10.0. The van der Waals surface area contributed by atoms with Gasteiger partial charge in [0.05, 0.1) is 6.04 Å². The van der Waals surface area contributed by atoms with Gasteiger partial charge >= 0.3 is 0 Å². The van der Waals surface area contributed by atoms with E-state index in [9.17, 15) is 4.79 Å². The summed E-state index contributed by atoms with van der Waals surface area (Å²) in [6.07, 6.45) is 0. The van der Waals surface area contributed by atoms with Crippen molar-refractivity contribution in [1.29, 1.82) is 0 Å². The molecule has 3 rings (SSSR count). The monoisotopic (exact) mass is 319 g/mol. The number of carbonyl (C=O) groups excluding carboxylic acids is 1. The van der Waals surface area contributed by atoms with Gasteiger partial charge in [0.1, 0.15) is 5.75 Å². The zero-order valence-corrected chi connectivity index (χ0v) is 14.0. The Morgan fingerprint density at radius 3 is 2.50 bits per heavy atom. The highest BCUT2D eigenvalue weighted by molar-refractivity contribution is 5.84. The number of aryl methyl sites for hydroxylation is 1. The molecule has 0 aromatic heterocycles. The maximum absolute atomic E-state index is 12.1. The Morgan fingerprint density at radius 2 is 1.71 bits per heavy atom. The van der Waals surface area contributed by atoms with Gasteiger partial charge in [-0.1, -0.05) is 54.6 Å². The Labute approximate surface area is 142 Å². The standard InChI is InChI=1S/C21H21NO2/c1-15-7-3-6-10-20(15)16(2)22-21(23)14-24-19-12-11-17-8-4-5-9-18(17)13-19/h3-13,16H,14H2,1-2H3,(H,22,23). The lowest BCUT2D eigenvalue weighted by Gasteiger charge is -2.16. The van der Waals surface area contributed by atoms with E-state index in [4.69, 9.17) is 4.74 Å². The number of carbonyl (C=O) groups is 1. The van der Waals surface area contributed by atoms with Crippen molar-refractivity contribution < 1.29 is 9.53 Å². The van der Waals surface area contributed by atoms with E-state index in [1.807, 2.05) is 74.5 Å². The molecule has 3 heteroatoms. The molecular weight excluding hydrogens is 298 g/mol. The van der Waals surface area contributed by atoms with Gasteiger partial charge in [-0.05, 0) is 47.9 Å². The van der Waals surface area contributed by atoms with Crippen LogP contribution in [0.4, 0.5) is 0 Å². The van der Waals surface area contributed by atoms with Crippen LogP contribution in [0.25, 0.3) is 10.8 Å². The lowest BCUT2D eigenvalue weighted by Crippen LogP contribution is -2.31. The molecule has 0 fully saturated rings. The first-order chi connectivity index (χ1) is 11.6. The van der Waals surface area contributed by atoms with E-state index in [2.05, 4.69) is 11.4 Å². The van der Waals surface area contributed by atoms with Crippen LogP contribution in [0.5, 0.6) is 5.75 Å². The van der Waals surface area contributed by atoms with Gasteiger partial charge in [-0.3, -0.25) is 4.79 Å². The third-order valence-electron chi connectivity index (χ3n) is 4.12. The molecule has 1 atom stereocenters. The second kappa shape index (κ2) is 7.18. The molecule has 0 bridgehead atoms. The van der Waals surface area contributed by atoms with Crippen LogP contribution in [-0.2, 0) is 4.79 Å². The zero-order chi connectivity index (χ0) is 16.9. The molecule has 3 nitrogen and oxygen atoms in total. The number of rotatable bonds is 5. The van der Waals surface area contributed by atoms with Crippen molar-refractivity contribution in [1.82, 2.24) is 5.32 Å². The summed E-state index contributed by atoms with van der Waals surface area (Å²) < 4.78 is 5.63. The smallest absolute Gasteiger partial charge is 0.258 e. The summed E-state index contributed by atoms with van der Waals surface area (Å²) >= 11 is 0. The molecule has 0 saturated carbocycles. The second-order valence-electron chi connectivity index (χ2n) is 5.94. The molecule has 0 aliphatic rings. The fraction of sp³-hybridized carbons (Fsp3) is 0.190. The second-order valence-corrected chi connectivity index (χ2v) is 5.94. The number of fused-ring (bicyclic) bond motifs is 1. The van der Waals surface area contributed by atoms with E-state index in [1.165, 1.54) is 5.56 Å². The highest BCUT2D eigenvalue weighted by Gasteiger charge is 2.11. The number of benzene rings is 3. The van der Waals surface area contributed by atoms with Crippen LogP contribution in [0.15, 0.2) is 66.7 Å². The lowest BCUT2D eigenvalue weighted by molar-refractivity contribution is -0.123. The van der Waals surface area contributed by atoms with Crippen LogP contribution in [0, 0.1) is 6.92 Å². The Morgan fingerprint density at radius 1 is 1.00 bits per heavy atom. The molecule has 0 aliphatic carbocycles. The fourth-order valence-electron chi connectivity index (χ4n) is 2.84. The minimum absolute atomic E-state index is 0.00849. The average Bonchev–Trinajstić information content (AvgIpc) is 2.60. The molecule has 0 radical (unpaired) electrons. The maximum atomic E-state index is 12.1. The third-order valence-corrected chi connectivity index (χ3v) is 4.12. The molecule has 3 aromatic carbocycles. The van der Waals surface area contributed by atoms with Gasteiger partial charge in [-0.2, -0.15) is 0 Å².